The monoisotopic (exact) mass is 527 g/mol. The molecular formula is C28H33NO7S. The maximum Gasteiger partial charge on any atom is 0.310 e. The molecule has 8 nitrogen and oxygen atoms in total. The van der Waals surface area contributed by atoms with Gasteiger partial charge in [0.1, 0.15) is 11.9 Å². The normalized spacial score (nSPS) is 19.9. The van der Waals surface area contributed by atoms with E-state index in [-0.39, 0.29) is 17.7 Å². The van der Waals surface area contributed by atoms with Crippen LogP contribution in [0.5, 0.6) is 5.75 Å². The minimum atomic E-state index is -1.56. The van der Waals surface area contributed by atoms with Crippen molar-refractivity contribution in [3.8, 4) is 5.75 Å². The smallest absolute Gasteiger partial charge is 0.310 e. The minimum Gasteiger partial charge on any atom is -0.469 e. The largest absolute Gasteiger partial charge is 0.469 e. The maximum absolute atomic E-state index is 13.6. The van der Waals surface area contributed by atoms with Gasteiger partial charge in [-0.15, -0.1) is 0 Å². The lowest BCUT2D eigenvalue weighted by Gasteiger charge is -2.30. The molecule has 1 fully saturated rings. The van der Waals surface area contributed by atoms with Crippen molar-refractivity contribution in [1.82, 2.24) is 5.32 Å². The molecule has 2 aromatic rings. The van der Waals surface area contributed by atoms with Gasteiger partial charge in [-0.2, -0.15) is 11.8 Å². The Morgan fingerprint density at radius 2 is 1.78 bits per heavy atom. The number of carbonyl (C=O) groups is 4. The Labute approximate surface area is 221 Å². The third-order valence-corrected chi connectivity index (χ3v) is 8.20. The van der Waals surface area contributed by atoms with E-state index in [1.807, 2.05) is 44.2 Å². The molecule has 37 heavy (non-hydrogen) atoms. The lowest BCUT2D eigenvalue weighted by atomic mass is 9.79. The van der Waals surface area contributed by atoms with E-state index in [1.165, 1.54) is 25.8 Å². The zero-order valence-electron chi connectivity index (χ0n) is 21.6. The molecule has 0 aromatic heterocycles. The molecule has 0 spiro atoms. The molecule has 1 unspecified atom stereocenters. The van der Waals surface area contributed by atoms with Gasteiger partial charge in [0.15, 0.2) is 5.78 Å². The predicted molar refractivity (Wildman–Crippen MR) is 140 cm³/mol. The zero-order chi connectivity index (χ0) is 27.3. The maximum atomic E-state index is 13.6. The first kappa shape index (κ1) is 28.4. The number of rotatable bonds is 9. The highest BCUT2D eigenvalue weighted by atomic mass is 32.2. The summed E-state index contributed by atoms with van der Waals surface area (Å²) in [6, 6.07) is 13.0. The number of aliphatic hydroxyl groups excluding tert-OH is 1. The third kappa shape index (κ3) is 6.59. The molecule has 2 aromatic carbocycles. The number of hydrogen-bond acceptors (Lipinski definition) is 8. The standard InChI is InChI=1S/C28H33NO7S/c1-16-19(12-9-13-22(16)36-17(2)30)26(33)29-21(14-18-10-7-6-8-11-18)25(32)24(31)20-15-37-28(3,4)23(20)27(34)35-5/h6-13,20-21,23,25,32H,14-15H2,1-5H3,(H,29,33)/t20?,21-,23+,25-/m0/s1. The van der Waals surface area contributed by atoms with Crippen LogP contribution < -0.4 is 10.1 Å². The summed E-state index contributed by atoms with van der Waals surface area (Å²) in [5.41, 5.74) is 1.52. The molecule has 0 saturated carbocycles. The molecule has 1 aliphatic rings. The Bertz CT molecular complexity index is 1160. The summed E-state index contributed by atoms with van der Waals surface area (Å²) >= 11 is 1.48. The number of amides is 1. The highest BCUT2D eigenvalue weighted by Crippen LogP contribution is 2.47. The second-order valence-electron chi connectivity index (χ2n) is 9.66. The first-order chi connectivity index (χ1) is 17.5. The lowest BCUT2D eigenvalue weighted by Crippen LogP contribution is -2.52. The highest BCUT2D eigenvalue weighted by Gasteiger charge is 2.52. The molecule has 198 valence electrons. The number of carbonyl (C=O) groups excluding carboxylic acids is 4. The zero-order valence-corrected chi connectivity index (χ0v) is 22.5. The van der Waals surface area contributed by atoms with Gasteiger partial charge < -0.3 is 19.9 Å². The van der Waals surface area contributed by atoms with Crippen molar-refractivity contribution in [3.05, 3.63) is 65.2 Å². The molecule has 0 radical (unpaired) electrons. The molecule has 1 aliphatic heterocycles. The predicted octanol–water partition coefficient (Wildman–Crippen LogP) is 3.12. The Morgan fingerprint density at radius 3 is 2.41 bits per heavy atom. The molecule has 1 amide bonds. The van der Waals surface area contributed by atoms with Crippen LogP contribution in [0.1, 0.15) is 42.3 Å². The van der Waals surface area contributed by atoms with Crippen molar-refractivity contribution >= 4 is 35.4 Å². The summed E-state index contributed by atoms with van der Waals surface area (Å²) < 4.78 is 9.61. The summed E-state index contributed by atoms with van der Waals surface area (Å²) in [6.07, 6.45) is -1.37. The number of ether oxygens (including phenoxy) is 2. The molecule has 4 atom stereocenters. The topological polar surface area (TPSA) is 119 Å². The number of benzene rings is 2. The molecule has 1 heterocycles. The van der Waals surface area contributed by atoms with Gasteiger partial charge in [-0.1, -0.05) is 36.4 Å². The van der Waals surface area contributed by atoms with Gasteiger partial charge in [0.25, 0.3) is 5.91 Å². The van der Waals surface area contributed by atoms with E-state index in [1.54, 1.807) is 25.1 Å². The van der Waals surface area contributed by atoms with E-state index in [2.05, 4.69) is 5.32 Å². The van der Waals surface area contributed by atoms with E-state index in [4.69, 9.17) is 9.47 Å². The van der Waals surface area contributed by atoms with Crippen LogP contribution in [-0.4, -0.2) is 58.5 Å². The summed E-state index contributed by atoms with van der Waals surface area (Å²) in [5.74, 6) is -2.92. The van der Waals surface area contributed by atoms with Gasteiger partial charge in [0.2, 0.25) is 0 Å². The van der Waals surface area contributed by atoms with E-state index >= 15 is 0 Å². The Hall–Kier alpha value is -3.17. The number of thioether (sulfide) groups is 1. The molecular weight excluding hydrogens is 494 g/mol. The van der Waals surface area contributed by atoms with Crippen LogP contribution in [0.4, 0.5) is 0 Å². The van der Waals surface area contributed by atoms with Crippen molar-refractivity contribution in [2.24, 2.45) is 11.8 Å². The van der Waals surface area contributed by atoms with Gasteiger partial charge >= 0.3 is 11.9 Å². The second-order valence-corrected chi connectivity index (χ2v) is 11.3. The van der Waals surface area contributed by atoms with E-state index in [0.29, 0.717) is 11.3 Å². The minimum absolute atomic E-state index is 0.189. The fraction of sp³-hybridized carbons (Fsp3) is 0.429. The van der Waals surface area contributed by atoms with E-state index in [9.17, 15) is 24.3 Å². The fourth-order valence-electron chi connectivity index (χ4n) is 4.70. The van der Waals surface area contributed by atoms with Crippen molar-refractivity contribution in [3.63, 3.8) is 0 Å². The summed E-state index contributed by atoms with van der Waals surface area (Å²) in [4.78, 5) is 50.9. The Balaban J connectivity index is 1.90. The number of hydrogen-bond donors (Lipinski definition) is 2. The third-order valence-electron chi connectivity index (χ3n) is 6.68. The van der Waals surface area contributed by atoms with Crippen molar-refractivity contribution in [2.45, 2.75) is 51.0 Å². The Morgan fingerprint density at radius 1 is 1.11 bits per heavy atom. The van der Waals surface area contributed by atoms with Gasteiger partial charge in [-0.3, -0.25) is 19.2 Å². The first-order valence-corrected chi connectivity index (χ1v) is 13.0. The SMILES string of the molecule is COC(=O)[C@H]1C(C(=O)[C@@H](O)[C@H](Cc2ccccc2)NC(=O)c2cccc(OC(C)=O)c2C)CSC1(C)C. The highest BCUT2D eigenvalue weighted by molar-refractivity contribution is 8.01. The summed E-state index contributed by atoms with van der Waals surface area (Å²) in [6.45, 7) is 6.68. The first-order valence-electron chi connectivity index (χ1n) is 12.0. The fourth-order valence-corrected chi connectivity index (χ4v) is 6.10. The van der Waals surface area contributed by atoms with Crippen LogP contribution >= 0.6 is 11.8 Å². The Kier molecular flexibility index (Phi) is 9.15. The van der Waals surface area contributed by atoms with Gasteiger partial charge in [-0.05, 0) is 44.9 Å². The number of methoxy groups -OCH3 is 1. The quantitative estimate of drug-likeness (QED) is 0.377. The molecule has 0 bridgehead atoms. The van der Waals surface area contributed by atoms with Crippen LogP contribution in [0.2, 0.25) is 0 Å². The average molecular weight is 528 g/mol. The second kappa shape index (κ2) is 11.9. The van der Waals surface area contributed by atoms with Crippen LogP contribution in [0, 0.1) is 18.8 Å². The molecule has 0 aliphatic carbocycles. The number of ketones is 1. The lowest BCUT2D eigenvalue weighted by molar-refractivity contribution is -0.151. The number of Topliss-reactive ketones (excluding diaryl/α,β-unsaturated/α-hetero) is 1. The van der Waals surface area contributed by atoms with Gasteiger partial charge in [-0.25, -0.2) is 0 Å². The molecule has 1 saturated heterocycles. The summed E-state index contributed by atoms with van der Waals surface area (Å²) in [7, 11) is 1.28. The number of esters is 2. The van der Waals surface area contributed by atoms with Gasteiger partial charge in [0, 0.05) is 34.5 Å². The number of nitrogens with one attached hydrogen (secondary N) is 1. The molecule has 9 heteroatoms. The van der Waals surface area contributed by atoms with Crippen molar-refractivity contribution in [2.75, 3.05) is 12.9 Å². The van der Waals surface area contributed by atoms with Crippen LogP contribution in [0.3, 0.4) is 0 Å². The number of aliphatic hydroxyl groups is 1. The average Bonchev–Trinajstić information content (AvgIpc) is 3.18. The van der Waals surface area contributed by atoms with Crippen molar-refractivity contribution in [1.29, 1.82) is 0 Å². The van der Waals surface area contributed by atoms with Crippen LogP contribution in [-0.2, 0) is 25.5 Å². The van der Waals surface area contributed by atoms with Gasteiger partial charge in [0.05, 0.1) is 19.1 Å². The van der Waals surface area contributed by atoms with Crippen LogP contribution in [0.15, 0.2) is 48.5 Å². The molecule has 2 N–H and O–H groups in total. The molecule has 3 rings (SSSR count). The summed E-state index contributed by atoms with van der Waals surface area (Å²) in [5, 5.41) is 14.1. The van der Waals surface area contributed by atoms with Crippen molar-refractivity contribution < 1.29 is 33.8 Å². The van der Waals surface area contributed by atoms with E-state index in [0.717, 1.165) is 5.56 Å². The van der Waals surface area contributed by atoms with E-state index < -0.39 is 52.4 Å². The van der Waals surface area contributed by atoms with Crippen LogP contribution in [0.25, 0.3) is 0 Å².